The number of carbonyl (C=O) groups is 2. The van der Waals surface area contributed by atoms with Gasteiger partial charge in [0.05, 0.1) is 11.5 Å². The molecule has 0 spiro atoms. The Morgan fingerprint density at radius 1 is 1.08 bits per heavy atom. The van der Waals surface area contributed by atoms with Crippen LogP contribution in [0.4, 0.5) is 16.2 Å². The van der Waals surface area contributed by atoms with Gasteiger partial charge in [-0.15, -0.1) is 0 Å². The fraction of sp³-hybridized carbons (Fsp3) is 0.583. The predicted octanol–water partition coefficient (Wildman–Crippen LogP) is 4.59. The van der Waals surface area contributed by atoms with E-state index in [0.29, 0.717) is 6.61 Å². The number of alkyl carbamates (subject to hydrolysis) is 1. The van der Waals surface area contributed by atoms with Gasteiger partial charge in [-0.3, -0.25) is 14.9 Å². The van der Waals surface area contributed by atoms with Gasteiger partial charge in [-0.1, -0.05) is 32.9 Å². The van der Waals surface area contributed by atoms with Gasteiger partial charge in [0.15, 0.2) is 14.0 Å². The van der Waals surface area contributed by atoms with Gasteiger partial charge in [0, 0.05) is 24.7 Å². The molecule has 36 heavy (non-hydrogen) atoms. The van der Waals surface area contributed by atoms with E-state index in [1.54, 1.807) is 32.9 Å². The number of primary amides is 1. The molecule has 0 aliphatic rings. The number of nitro groups is 1. The Morgan fingerprint density at radius 2 is 1.69 bits per heavy atom. The second-order valence-corrected chi connectivity index (χ2v) is 15.5. The van der Waals surface area contributed by atoms with E-state index >= 15 is 0 Å². The largest absolute Gasteiger partial charge is 0.489 e. The minimum absolute atomic E-state index is 0.0229. The normalized spacial score (nSPS) is 12.3. The molecule has 0 atom stereocenters. The third-order valence-corrected chi connectivity index (χ3v) is 10.0. The fourth-order valence-corrected chi connectivity index (χ4v) is 3.65. The number of nitrogens with zero attached hydrogens (tertiary/aromatic N) is 1. The highest BCUT2D eigenvalue weighted by atomic mass is 28.4. The van der Waals surface area contributed by atoms with E-state index in [1.807, 2.05) is 0 Å². The van der Waals surface area contributed by atoms with E-state index in [0.717, 1.165) is 6.07 Å². The molecule has 0 saturated heterocycles. The quantitative estimate of drug-likeness (QED) is 0.118. The third-order valence-electron chi connectivity index (χ3n) is 5.50. The summed E-state index contributed by atoms with van der Waals surface area (Å²) in [6, 6.07) is 2.48. The van der Waals surface area contributed by atoms with Crippen molar-refractivity contribution in [3.63, 3.8) is 0 Å². The molecule has 0 unspecified atom stereocenters. The van der Waals surface area contributed by atoms with Gasteiger partial charge in [0.1, 0.15) is 18.0 Å². The molecular weight excluding hydrogens is 484 g/mol. The lowest BCUT2D eigenvalue weighted by Gasteiger charge is -2.36. The van der Waals surface area contributed by atoms with E-state index < -0.39 is 30.8 Å². The first-order valence-corrected chi connectivity index (χ1v) is 14.6. The molecule has 202 valence electrons. The molecule has 0 heterocycles. The van der Waals surface area contributed by atoms with Crippen LogP contribution in [0.5, 0.6) is 5.75 Å². The van der Waals surface area contributed by atoms with Gasteiger partial charge in [0.2, 0.25) is 5.91 Å². The number of carbonyl (C=O) groups excluding carboxylic acids is 2. The van der Waals surface area contributed by atoms with Crippen LogP contribution in [0.15, 0.2) is 24.3 Å². The minimum atomic E-state index is -2.00. The number of nitro benzene ring substituents is 1. The number of hydrogen-bond acceptors (Lipinski definition) is 8. The number of rotatable bonds is 12. The Kier molecular flexibility index (Phi) is 10.9. The maximum atomic E-state index is 11.7. The minimum Gasteiger partial charge on any atom is -0.489 e. The average molecular weight is 525 g/mol. The number of benzene rings is 1. The standard InChI is InChI=1S/C24H40N4O7Si/c1-23(2,3)35-22(30)27-12-10-9-11-26-20-18(28(31)32)15-17(21(25)29)16-19(20)33-13-14-34-36(7,8)24(4,5)6/h9-10,15-16,26H,11-14H2,1-8H3,(H2,25,29)(H,27,30)/b10-9+. The van der Waals surface area contributed by atoms with Crippen molar-refractivity contribution in [2.24, 2.45) is 5.73 Å². The Bertz CT molecular complexity index is 966. The van der Waals surface area contributed by atoms with E-state index in [4.69, 9.17) is 19.6 Å². The lowest BCUT2D eigenvalue weighted by Crippen LogP contribution is -2.41. The van der Waals surface area contributed by atoms with Crippen molar-refractivity contribution in [2.75, 3.05) is 31.6 Å². The zero-order chi connectivity index (χ0) is 27.7. The summed E-state index contributed by atoms with van der Waals surface area (Å²) in [5, 5.41) is 17.3. The summed E-state index contributed by atoms with van der Waals surface area (Å²) in [5.74, 6) is -0.683. The van der Waals surface area contributed by atoms with E-state index in [-0.39, 0.29) is 47.4 Å². The van der Waals surface area contributed by atoms with Crippen LogP contribution >= 0.6 is 0 Å². The Labute approximate surface area is 214 Å². The molecule has 0 aliphatic heterocycles. The van der Waals surface area contributed by atoms with Crippen LogP contribution < -0.4 is 21.1 Å². The lowest BCUT2D eigenvalue weighted by atomic mass is 10.1. The highest BCUT2D eigenvalue weighted by molar-refractivity contribution is 6.74. The van der Waals surface area contributed by atoms with E-state index in [9.17, 15) is 19.7 Å². The molecule has 0 radical (unpaired) electrons. The average Bonchev–Trinajstić information content (AvgIpc) is 2.71. The zero-order valence-electron chi connectivity index (χ0n) is 22.5. The van der Waals surface area contributed by atoms with Gasteiger partial charge in [-0.2, -0.15) is 0 Å². The number of anilines is 1. The molecular formula is C24H40N4O7Si. The number of ether oxygens (including phenoxy) is 2. The van der Waals surface area contributed by atoms with Crippen molar-refractivity contribution in [2.45, 2.75) is 65.3 Å². The summed E-state index contributed by atoms with van der Waals surface area (Å²) in [7, 11) is -2.00. The molecule has 1 rings (SSSR count). The summed E-state index contributed by atoms with van der Waals surface area (Å²) >= 11 is 0. The van der Waals surface area contributed by atoms with E-state index in [2.05, 4.69) is 44.5 Å². The van der Waals surface area contributed by atoms with Crippen molar-refractivity contribution in [1.29, 1.82) is 0 Å². The fourth-order valence-electron chi connectivity index (χ4n) is 2.63. The highest BCUT2D eigenvalue weighted by Gasteiger charge is 2.37. The maximum Gasteiger partial charge on any atom is 0.407 e. The van der Waals surface area contributed by atoms with Crippen molar-refractivity contribution in [3.05, 3.63) is 40.0 Å². The third kappa shape index (κ3) is 10.2. The van der Waals surface area contributed by atoms with Gasteiger partial charge >= 0.3 is 6.09 Å². The molecule has 0 saturated carbocycles. The maximum absolute atomic E-state index is 11.7. The smallest absolute Gasteiger partial charge is 0.407 e. The van der Waals surface area contributed by atoms with Crippen LogP contribution in [-0.2, 0) is 9.16 Å². The summed E-state index contributed by atoms with van der Waals surface area (Å²) < 4.78 is 17.1. The Balaban J connectivity index is 2.92. The second-order valence-electron chi connectivity index (χ2n) is 10.7. The molecule has 11 nitrogen and oxygen atoms in total. The number of nitrogens with two attached hydrogens (primary N) is 1. The number of hydrogen-bond donors (Lipinski definition) is 3. The molecule has 2 amide bonds. The molecule has 12 heteroatoms. The molecule has 0 bridgehead atoms. The lowest BCUT2D eigenvalue weighted by molar-refractivity contribution is -0.384. The molecule has 0 fully saturated rings. The van der Waals surface area contributed by atoms with Gasteiger partial charge in [-0.25, -0.2) is 4.79 Å². The molecule has 1 aromatic rings. The Hall–Kier alpha value is -3.12. The van der Waals surface area contributed by atoms with Gasteiger partial charge in [-0.05, 0) is 45.0 Å². The number of nitrogens with one attached hydrogen (secondary N) is 2. The van der Waals surface area contributed by atoms with Crippen LogP contribution in [0, 0.1) is 10.1 Å². The van der Waals surface area contributed by atoms with Gasteiger partial charge in [0.25, 0.3) is 5.69 Å². The first-order chi connectivity index (χ1) is 16.4. The van der Waals surface area contributed by atoms with E-state index in [1.165, 1.54) is 6.07 Å². The summed E-state index contributed by atoms with van der Waals surface area (Å²) in [6.07, 6.45) is 2.81. The van der Waals surface area contributed by atoms with Crippen molar-refractivity contribution in [3.8, 4) is 5.75 Å². The first-order valence-electron chi connectivity index (χ1n) is 11.7. The molecule has 0 aromatic heterocycles. The van der Waals surface area contributed by atoms with Crippen molar-refractivity contribution >= 4 is 31.7 Å². The monoisotopic (exact) mass is 524 g/mol. The molecule has 4 N–H and O–H groups in total. The van der Waals surface area contributed by atoms with Crippen molar-refractivity contribution < 1.29 is 28.4 Å². The zero-order valence-corrected chi connectivity index (χ0v) is 23.5. The molecule has 0 aliphatic carbocycles. The highest BCUT2D eigenvalue weighted by Crippen LogP contribution is 2.37. The SMILES string of the molecule is CC(C)(C)OC(=O)NC/C=C/CNc1c(OCCO[Si](C)(C)C(C)(C)C)cc(C(N)=O)cc1[N+](=O)[O-]. The summed E-state index contributed by atoms with van der Waals surface area (Å²) in [4.78, 5) is 34.5. The summed E-state index contributed by atoms with van der Waals surface area (Å²) in [5.41, 5.74) is 4.50. The van der Waals surface area contributed by atoms with Crippen LogP contribution in [0.1, 0.15) is 51.9 Å². The Morgan fingerprint density at radius 3 is 2.22 bits per heavy atom. The second kappa shape index (κ2) is 12.7. The van der Waals surface area contributed by atoms with Crippen LogP contribution in [-0.4, -0.2) is 57.1 Å². The number of amides is 2. The van der Waals surface area contributed by atoms with Crippen LogP contribution in [0.2, 0.25) is 18.1 Å². The molecule has 1 aromatic carbocycles. The van der Waals surface area contributed by atoms with Gasteiger partial charge < -0.3 is 30.3 Å². The topological polar surface area (TPSA) is 155 Å². The van der Waals surface area contributed by atoms with Crippen molar-refractivity contribution in [1.82, 2.24) is 5.32 Å². The van der Waals surface area contributed by atoms with Crippen LogP contribution in [0.3, 0.4) is 0 Å². The van der Waals surface area contributed by atoms with Crippen LogP contribution in [0.25, 0.3) is 0 Å². The first kappa shape index (κ1) is 30.9. The summed E-state index contributed by atoms with van der Waals surface area (Å²) in [6.45, 7) is 16.7. The predicted molar refractivity (Wildman–Crippen MR) is 142 cm³/mol.